The first-order valence-corrected chi connectivity index (χ1v) is 38.7. The van der Waals surface area contributed by atoms with Crippen molar-refractivity contribution < 1.29 is 44.1 Å². The van der Waals surface area contributed by atoms with Gasteiger partial charge in [-0.1, -0.05) is 109 Å². The SMILES string of the molecule is CC1=NC(C(=O)c2ccc3c(N=Nc4c(C#N)cnn4-c4ncccn4)c(O)c(C(=O)C4=NCC(C)=N4)cc3c2)=NC1.Cc1ccc(NC(=O)c2cc3cc(C(=O)Nc4ccccc4)ccc3c(N=Nc3c(C#N)cnn3-c3ncccn3)c2O)cc1.N#Cc1cnsc1N=Nc1c(O)c(C(=O)c2nc3ccccc3[nH]2)cc2cc(C(=O)c3ccccc3)ccc12. The van der Waals surface area contributed by atoms with Gasteiger partial charge in [-0.05, 0) is 139 Å². The molecule has 0 radical (unpaired) electrons. The number of carbonyl (C=O) groups excluding carboxylic acids is 6. The highest BCUT2D eigenvalue weighted by Crippen LogP contribution is 2.45. The molecule has 6 N–H and O–H groups in total. The molecule has 2 aliphatic rings. The number of nitrogens with zero attached hydrogens (tertiary/aromatic N) is 23. The third kappa shape index (κ3) is 17.0. The summed E-state index contributed by atoms with van der Waals surface area (Å²) in [6.07, 6.45) is 9.99. The molecule has 2 aliphatic heterocycles. The van der Waals surface area contributed by atoms with Crippen molar-refractivity contribution in [1.29, 1.82) is 15.8 Å². The number of hydrogen-bond donors (Lipinski definition) is 6. The Balaban J connectivity index is 0.000000140. The molecular formula is C90H58N26O9S. The predicted molar refractivity (Wildman–Crippen MR) is 466 cm³/mol. The number of aliphatic imine (C=N–C) groups is 4. The number of aryl methyl sites for hydroxylation is 1. The normalized spacial score (nSPS) is 12.2. The summed E-state index contributed by atoms with van der Waals surface area (Å²) in [7, 11) is 0. The van der Waals surface area contributed by atoms with E-state index in [9.17, 15) is 59.9 Å². The van der Waals surface area contributed by atoms with Crippen LogP contribution < -0.4 is 10.6 Å². The first kappa shape index (κ1) is 81.4. The zero-order chi connectivity index (χ0) is 87.6. The number of carbonyl (C=O) groups is 6. The van der Waals surface area contributed by atoms with Gasteiger partial charge in [-0.2, -0.15) is 39.7 Å². The highest BCUT2D eigenvalue weighted by Gasteiger charge is 2.29. The molecule has 0 saturated heterocycles. The predicted octanol–water partition coefficient (Wildman–Crippen LogP) is 17.2. The molecule has 0 atom stereocenters. The smallest absolute Gasteiger partial charge is 0.259 e. The average molecular weight is 1680 g/mol. The second kappa shape index (κ2) is 35.7. The lowest BCUT2D eigenvalue weighted by Gasteiger charge is -2.13. The molecule has 16 aromatic rings. The van der Waals surface area contributed by atoms with Crippen molar-refractivity contribution in [3.63, 3.8) is 0 Å². The van der Waals surface area contributed by atoms with Gasteiger partial charge < -0.3 is 30.9 Å². The number of nitrogens with one attached hydrogen (secondary N) is 3. The van der Waals surface area contributed by atoms with Crippen molar-refractivity contribution in [2.24, 2.45) is 50.7 Å². The summed E-state index contributed by atoms with van der Waals surface area (Å²) in [4.78, 5) is 120. The second-order valence-corrected chi connectivity index (χ2v) is 28.5. The van der Waals surface area contributed by atoms with Crippen molar-refractivity contribution in [2.75, 3.05) is 23.7 Å². The lowest BCUT2D eigenvalue weighted by molar-refractivity contribution is 0.101. The van der Waals surface area contributed by atoms with E-state index in [-0.39, 0.29) is 126 Å². The van der Waals surface area contributed by atoms with Gasteiger partial charge in [0.05, 0.1) is 59.4 Å². The number of H-pyrrole nitrogens is 1. The molecule has 10 aromatic carbocycles. The topological polar surface area (TPSA) is 511 Å². The Hall–Kier alpha value is -18.4. The number of anilines is 2. The van der Waals surface area contributed by atoms with E-state index in [0.29, 0.717) is 83.7 Å². The summed E-state index contributed by atoms with van der Waals surface area (Å²) in [5, 5.41) is 105. The number of hydrogen-bond acceptors (Lipinski definition) is 31. The molecule has 0 unspecified atom stereocenters. The van der Waals surface area contributed by atoms with Gasteiger partial charge in [0, 0.05) is 86.0 Å². The summed E-state index contributed by atoms with van der Waals surface area (Å²) in [5.74, 6) is -3.65. The Bertz CT molecular complexity index is 7490. The van der Waals surface area contributed by atoms with E-state index >= 15 is 0 Å². The molecule has 35 nitrogen and oxygen atoms in total. The second-order valence-electron chi connectivity index (χ2n) is 27.7. The fraction of sp³-hybridized carbons (Fsp3) is 0.0556. The van der Waals surface area contributed by atoms with E-state index in [1.165, 1.54) is 70.9 Å². The first-order valence-electron chi connectivity index (χ1n) is 37.9. The molecule has 126 heavy (non-hydrogen) atoms. The lowest BCUT2D eigenvalue weighted by atomic mass is 9.96. The van der Waals surface area contributed by atoms with Crippen LogP contribution in [0.1, 0.15) is 110 Å². The van der Waals surface area contributed by atoms with Crippen LogP contribution in [0, 0.1) is 40.9 Å². The number of para-hydroxylation sites is 3. The van der Waals surface area contributed by atoms with Crippen molar-refractivity contribution in [2.45, 2.75) is 20.8 Å². The Morgan fingerprint density at radius 3 is 1.44 bits per heavy atom. The first-order chi connectivity index (χ1) is 61.3. The third-order valence-electron chi connectivity index (χ3n) is 19.3. The van der Waals surface area contributed by atoms with Crippen molar-refractivity contribution >= 4 is 158 Å². The van der Waals surface area contributed by atoms with E-state index in [4.69, 9.17) is 0 Å². The summed E-state index contributed by atoms with van der Waals surface area (Å²) in [5.41, 5.74) is 6.31. The fourth-order valence-corrected chi connectivity index (χ4v) is 13.6. The number of Topliss-reactive ketones (excluding diaryl/α,β-unsaturated/α-hetero) is 2. The largest absolute Gasteiger partial charge is 0.505 e. The van der Waals surface area contributed by atoms with Crippen LogP contribution in [0.5, 0.6) is 17.2 Å². The molecular weight excluding hydrogens is 1620 g/mol. The molecule has 0 fully saturated rings. The van der Waals surface area contributed by atoms with Gasteiger partial charge in [0.15, 0.2) is 57.2 Å². The number of benzene rings is 10. The Morgan fingerprint density at radius 1 is 0.444 bits per heavy atom. The van der Waals surface area contributed by atoms with E-state index in [1.54, 1.807) is 141 Å². The van der Waals surface area contributed by atoms with Gasteiger partial charge in [0.2, 0.25) is 17.3 Å². The highest BCUT2D eigenvalue weighted by atomic mass is 32.1. The van der Waals surface area contributed by atoms with Gasteiger partial charge >= 0.3 is 0 Å². The number of phenols is 3. The van der Waals surface area contributed by atoms with Gasteiger partial charge in [-0.25, -0.2) is 34.9 Å². The number of amidine groups is 2. The maximum atomic E-state index is 13.6. The van der Waals surface area contributed by atoms with E-state index < -0.39 is 34.7 Å². The highest BCUT2D eigenvalue weighted by molar-refractivity contribution is 7.10. The molecule has 0 aliphatic carbocycles. The maximum Gasteiger partial charge on any atom is 0.259 e. The third-order valence-corrected chi connectivity index (χ3v) is 20.0. The van der Waals surface area contributed by atoms with Gasteiger partial charge in [0.1, 0.15) is 52.0 Å². The molecule has 0 saturated carbocycles. The summed E-state index contributed by atoms with van der Waals surface area (Å²) < 4.78 is 6.42. The molecule has 8 heterocycles. The van der Waals surface area contributed by atoms with E-state index in [0.717, 1.165) is 22.8 Å². The van der Waals surface area contributed by atoms with E-state index in [2.05, 4.69) is 106 Å². The van der Waals surface area contributed by atoms with Crippen molar-refractivity contribution in [1.82, 2.24) is 53.8 Å². The zero-order valence-corrected chi connectivity index (χ0v) is 66.7. The van der Waals surface area contributed by atoms with Crippen LogP contribution in [-0.4, -0.2) is 140 Å². The summed E-state index contributed by atoms with van der Waals surface area (Å²) >= 11 is 0.977. The Morgan fingerprint density at radius 2 is 0.905 bits per heavy atom. The standard InChI is InChI=1S/C33H23N9O3.C29H16N6O3S.C28H19N11O3/c1-20-8-11-25(12-9-20)39-32(45)27-17-22-16-21(31(44)38-24-6-3-2-4-7-24)10-13-26(22)28(29(27)43)40-41-30-23(18-34)19-37-42(30)33-35-14-5-15-36-33;30-14-19-15-31-39-29(19)35-34-24-20-11-10-17(25(36)16-6-2-1-3-7-16)12-18(20)13-21(26(24)37)27(38)28-32-22-8-4-5-9-23(22)33-28;1-14-11-32-25(35-14)22(40)16-4-5-19-17(8-16)9-20(24(42)26-33-12-15(2)36-26)23(41)21(19)37-38-27-18(10-29)13-34-39(27)28-30-6-3-7-31-28/h2-17,19,43H,1H3,(H,38,44)(H,39,45);1-13,15,37H,(H,32,33);3-9,13,41H,11-12H2,1-2H3. The van der Waals surface area contributed by atoms with Crippen LogP contribution in [0.2, 0.25) is 0 Å². The summed E-state index contributed by atoms with van der Waals surface area (Å²) in [6.45, 7) is 6.07. The number of aromatic hydroxyl groups is 3. The van der Waals surface area contributed by atoms with Crippen LogP contribution in [0.4, 0.5) is 45.1 Å². The van der Waals surface area contributed by atoms with Crippen LogP contribution in [0.3, 0.4) is 0 Å². The number of imidazole rings is 1. The molecule has 2 amide bonds. The molecule has 0 bridgehead atoms. The minimum absolute atomic E-state index is 0.00708. The number of aromatic nitrogens is 11. The molecule has 36 heteroatoms. The van der Waals surface area contributed by atoms with Crippen LogP contribution in [0.25, 0.3) is 55.2 Å². The number of ketones is 4. The van der Waals surface area contributed by atoms with Crippen LogP contribution in [-0.2, 0) is 0 Å². The van der Waals surface area contributed by atoms with Gasteiger partial charge in [-0.3, -0.25) is 38.8 Å². The zero-order valence-electron chi connectivity index (χ0n) is 65.9. The molecule has 6 aromatic heterocycles. The van der Waals surface area contributed by atoms with Crippen LogP contribution in [0.15, 0.2) is 288 Å². The lowest BCUT2D eigenvalue weighted by Crippen LogP contribution is -2.13. The average Bonchev–Trinajstić information content (AvgIpc) is 1.35. The Kier molecular flexibility index (Phi) is 23.0. The quantitative estimate of drug-likeness (QED) is 0.0305. The fourth-order valence-electron chi connectivity index (χ4n) is 13.1. The Labute approximate surface area is 714 Å². The van der Waals surface area contributed by atoms with Gasteiger partial charge in [0.25, 0.3) is 23.7 Å². The molecule has 0 spiro atoms. The minimum atomic E-state index is -0.625. The number of amides is 2. The molecule has 608 valence electrons. The number of rotatable bonds is 20. The number of aromatic amines is 1. The minimum Gasteiger partial charge on any atom is -0.505 e. The van der Waals surface area contributed by atoms with Crippen molar-refractivity contribution in [3.05, 3.63) is 305 Å². The van der Waals surface area contributed by atoms with Gasteiger partial charge in [-0.15, -0.1) is 30.7 Å². The van der Waals surface area contributed by atoms with Crippen LogP contribution >= 0.6 is 11.5 Å². The number of azo groups is 3. The van der Waals surface area contributed by atoms with E-state index in [1.807, 2.05) is 73.7 Å². The maximum absolute atomic E-state index is 13.6. The number of fused-ring (bicyclic) bond motifs is 4. The van der Waals surface area contributed by atoms with Crippen molar-refractivity contribution in [3.8, 4) is 47.4 Å². The number of nitriles is 3. The summed E-state index contributed by atoms with van der Waals surface area (Å²) in [6, 6.07) is 60.3. The molecule has 18 rings (SSSR count). The number of phenolic OH excluding ortho intramolecular Hbond substituents is 3. The monoisotopic (exact) mass is 1680 g/mol.